The summed E-state index contributed by atoms with van der Waals surface area (Å²) in [5.41, 5.74) is 8.88. The molecule has 1 unspecified atom stereocenters. The van der Waals surface area contributed by atoms with Gasteiger partial charge in [-0.25, -0.2) is 9.98 Å². The van der Waals surface area contributed by atoms with Gasteiger partial charge in [0, 0.05) is 53.3 Å². The molecule has 0 saturated heterocycles. The molecule has 10 rings (SSSR count). The first-order valence-corrected chi connectivity index (χ1v) is 17.7. The third kappa shape index (κ3) is 4.74. The van der Waals surface area contributed by atoms with E-state index in [1.807, 2.05) is 23.5 Å². The highest BCUT2D eigenvalue weighted by Crippen LogP contribution is 2.40. The Morgan fingerprint density at radius 3 is 2.02 bits per heavy atom. The van der Waals surface area contributed by atoms with Crippen LogP contribution in [0.25, 0.3) is 58.8 Å². The molecule has 0 spiro atoms. The van der Waals surface area contributed by atoms with Gasteiger partial charge in [-0.15, -0.1) is 11.3 Å². The van der Waals surface area contributed by atoms with Crippen molar-refractivity contribution in [3.8, 4) is 16.8 Å². The summed E-state index contributed by atoms with van der Waals surface area (Å²) in [5.74, 6) is 1.52. The van der Waals surface area contributed by atoms with Crippen LogP contribution in [0.4, 0.5) is 0 Å². The number of benzene rings is 7. The molecule has 5 heteroatoms. The summed E-state index contributed by atoms with van der Waals surface area (Å²) in [6.45, 7) is 0. The topological polar surface area (TPSA) is 41.7 Å². The minimum Gasteiger partial charge on any atom is -0.344 e. The standard InChI is InChI=1S/C45H30N4S/c1-3-13-29(14-4-1)31-17-11-18-32(27-31)44-46-43(30-15-5-2-6-16-30)47-45(48-44)36-21-12-23-39-42(36)35-20-7-9-22-38(35)49(39)33-25-26-41-37(28-33)34-19-8-10-24-40(34)50-41/h1-28,45H,(H,46,47,48). The minimum atomic E-state index is -0.357. The fourth-order valence-corrected chi connectivity index (χ4v) is 8.44. The van der Waals surface area contributed by atoms with Crippen molar-refractivity contribution in [2.45, 2.75) is 6.17 Å². The molecule has 0 saturated carbocycles. The summed E-state index contributed by atoms with van der Waals surface area (Å²) in [4.78, 5) is 10.5. The van der Waals surface area contributed by atoms with E-state index in [1.165, 1.54) is 42.0 Å². The summed E-state index contributed by atoms with van der Waals surface area (Å²) in [6.07, 6.45) is -0.357. The predicted octanol–water partition coefficient (Wildman–Crippen LogP) is 11.3. The van der Waals surface area contributed by atoms with Crippen molar-refractivity contribution >= 4 is 65.0 Å². The van der Waals surface area contributed by atoms with Crippen LogP contribution < -0.4 is 5.32 Å². The number of thiophene rings is 1. The number of hydrogen-bond acceptors (Lipinski definition) is 4. The summed E-state index contributed by atoms with van der Waals surface area (Å²) >= 11 is 1.85. The predicted molar refractivity (Wildman–Crippen MR) is 211 cm³/mol. The highest BCUT2D eigenvalue weighted by atomic mass is 32.1. The lowest BCUT2D eigenvalue weighted by atomic mass is 10.0. The van der Waals surface area contributed by atoms with Crippen LogP contribution in [0.1, 0.15) is 22.9 Å². The molecule has 4 nitrogen and oxygen atoms in total. The monoisotopic (exact) mass is 658 g/mol. The van der Waals surface area contributed by atoms with E-state index in [2.05, 4.69) is 168 Å². The second-order valence-electron chi connectivity index (χ2n) is 12.6. The third-order valence-corrected chi connectivity index (χ3v) is 10.8. The van der Waals surface area contributed by atoms with Crippen molar-refractivity contribution in [2.75, 3.05) is 0 Å². The molecule has 2 aromatic heterocycles. The van der Waals surface area contributed by atoms with Gasteiger partial charge in [0.25, 0.3) is 0 Å². The lowest BCUT2D eigenvalue weighted by molar-refractivity contribution is 0.680. The van der Waals surface area contributed by atoms with Crippen molar-refractivity contribution < 1.29 is 0 Å². The van der Waals surface area contributed by atoms with E-state index < -0.39 is 0 Å². The third-order valence-electron chi connectivity index (χ3n) is 9.66. The molecule has 0 radical (unpaired) electrons. The van der Waals surface area contributed by atoms with Gasteiger partial charge in [0.1, 0.15) is 12.0 Å². The van der Waals surface area contributed by atoms with Gasteiger partial charge in [-0.05, 0) is 53.6 Å². The summed E-state index contributed by atoms with van der Waals surface area (Å²) in [5, 5.41) is 8.70. The van der Waals surface area contributed by atoms with E-state index in [0.29, 0.717) is 5.84 Å². The number of aromatic nitrogens is 1. The molecule has 50 heavy (non-hydrogen) atoms. The SMILES string of the molecule is c1ccc(C2=NC(c3cccc(-c4ccccc4)c3)=NC(c3cccc4c3c3ccccc3n4-c3ccc4sc5ccccc5c4c3)N2)cc1. The quantitative estimate of drug-likeness (QED) is 0.196. The Labute approximate surface area is 293 Å². The second-order valence-corrected chi connectivity index (χ2v) is 13.7. The largest absolute Gasteiger partial charge is 0.344 e. The van der Waals surface area contributed by atoms with Crippen molar-refractivity contribution in [3.05, 3.63) is 187 Å². The van der Waals surface area contributed by atoms with E-state index in [4.69, 9.17) is 9.98 Å². The molecule has 0 fully saturated rings. The Bertz CT molecular complexity index is 2790. The maximum absolute atomic E-state index is 5.35. The van der Waals surface area contributed by atoms with Crippen LogP contribution in [0.15, 0.2) is 180 Å². The maximum atomic E-state index is 5.35. The first kappa shape index (κ1) is 28.7. The molecule has 7 aromatic carbocycles. The molecule has 1 aliphatic rings. The lowest BCUT2D eigenvalue weighted by Gasteiger charge is -2.24. The number of rotatable bonds is 5. The van der Waals surface area contributed by atoms with Crippen LogP contribution in [0.3, 0.4) is 0 Å². The Hall–Kier alpha value is -6.30. The van der Waals surface area contributed by atoms with Crippen molar-refractivity contribution in [2.24, 2.45) is 9.98 Å². The van der Waals surface area contributed by atoms with Crippen LogP contribution in [0.5, 0.6) is 0 Å². The number of amidine groups is 2. The normalized spacial score (nSPS) is 14.6. The van der Waals surface area contributed by atoms with E-state index in [0.717, 1.165) is 39.3 Å². The number of hydrogen-bond donors (Lipinski definition) is 1. The van der Waals surface area contributed by atoms with Gasteiger partial charge in [-0.3, -0.25) is 0 Å². The summed E-state index contributed by atoms with van der Waals surface area (Å²) in [6, 6.07) is 60.2. The number of aliphatic imine (C=N–C) groups is 2. The van der Waals surface area contributed by atoms with Gasteiger partial charge < -0.3 is 9.88 Å². The van der Waals surface area contributed by atoms with E-state index in [-0.39, 0.29) is 6.17 Å². The van der Waals surface area contributed by atoms with Crippen LogP contribution >= 0.6 is 11.3 Å². The first-order chi connectivity index (χ1) is 24.8. The van der Waals surface area contributed by atoms with Crippen LogP contribution in [0.2, 0.25) is 0 Å². The lowest BCUT2D eigenvalue weighted by Crippen LogP contribution is -2.33. The maximum Gasteiger partial charge on any atom is 0.159 e. The molecule has 3 heterocycles. The number of nitrogens with one attached hydrogen (secondary N) is 1. The average Bonchev–Trinajstić information content (AvgIpc) is 3.74. The number of fused-ring (bicyclic) bond motifs is 6. The average molecular weight is 659 g/mol. The van der Waals surface area contributed by atoms with Gasteiger partial charge in [-0.1, -0.05) is 127 Å². The fraction of sp³-hybridized carbons (Fsp3) is 0.0222. The van der Waals surface area contributed by atoms with E-state index in [9.17, 15) is 0 Å². The zero-order chi connectivity index (χ0) is 33.0. The zero-order valence-electron chi connectivity index (χ0n) is 27.0. The molecule has 1 aliphatic heterocycles. The highest BCUT2D eigenvalue weighted by Gasteiger charge is 2.25. The van der Waals surface area contributed by atoms with Gasteiger partial charge in [0.2, 0.25) is 0 Å². The molecular formula is C45H30N4S. The minimum absolute atomic E-state index is 0.357. The Balaban J connectivity index is 1.17. The Morgan fingerprint density at radius 1 is 0.500 bits per heavy atom. The van der Waals surface area contributed by atoms with Crippen LogP contribution in [0, 0.1) is 0 Å². The van der Waals surface area contributed by atoms with E-state index >= 15 is 0 Å². The van der Waals surface area contributed by atoms with Gasteiger partial charge >= 0.3 is 0 Å². The fourth-order valence-electron chi connectivity index (χ4n) is 7.36. The molecule has 236 valence electrons. The molecule has 1 N–H and O–H groups in total. The first-order valence-electron chi connectivity index (χ1n) is 16.9. The van der Waals surface area contributed by atoms with Crippen molar-refractivity contribution in [1.82, 2.24) is 9.88 Å². The second kappa shape index (κ2) is 11.7. The van der Waals surface area contributed by atoms with Crippen molar-refractivity contribution in [1.29, 1.82) is 0 Å². The molecular weight excluding hydrogens is 629 g/mol. The van der Waals surface area contributed by atoms with Gasteiger partial charge in [0.05, 0.1) is 11.0 Å². The van der Waals surface area contributed by atoms with Gasteiger partial charge in [-0.2, -0.15) is 0 Å². The smallest absolute Gasteiger partial charge is 0.159 e. The van der Waals surface area contributed by atoms with Gasteiger partial charge in [0.15, 0.2) is 5.84 Å². The highest BCUT2D eigenvalue weighted by molar-refractivity contribution is 7.25. The molecule has 0 amide bonds. The number of para-hydroxylation sites is 1. The van der Waals surface area contributed by atoms with Crippen LogP contribution in [-0.2, 0) is 0 Å². The van der Waals surface area contributed by atoms with Crippen LogP contribution in [-0.4, -0.2) is 16.2 Å². The summed E-state index contributed by atoms with van der Waals surface area (Å²) in [7, 11) is 0. The number of nitrogens with zero attached hydrogens (tertiary/aromatic N) is 3. The Kier molecular flexibility index (Phi) is 6.71. The molecule has 9 aromatic rings. The molecule has 0 aliphatic carbocycles. The molecule has 1 atom stereocenters. The van der Waals surface area contributed by atoms with Crippen molar-refractivity contribution in [3.63, 3.8) is 0 Å². The molecule has 0 bridgehead atoms. The van der Waals surface area contributed by atoms with E-state index in [1.54, 1.807) is 0 Å². The zero-order valence-corrected chi connectivity index (χ0v) is 27.8. The summed E-state index contributed by atoms with van der Waals surface area (Å²) < 4.78 is 5.02. The Morgan fingerprint density at radius 2 is 1.16 bits per heavy atom.